The van der Waals surface area contributed by atoms with Gasteiger partial charge >= 0.3 is 5.97 Å². The van der Waals surface area contributed by atoms with Crippen molar-refractivity contribution in [2.24, 2.45) is 17.8 Å². The Morgan fingerprint density at radius 1 is 1.18 bits per heavy atom. The van der Waals surface area contributed by atoms with Crippen LogP contribution in [0.2, 0.25) is 0 Å². The van der Waals surface area contributed by atoms with Crippen LogP contribution < -0.4 is 5.32 Å². The molecule has 0 bridgehead atoms. The van der Waals surface area contributed by atoms with Crippen LogP contribution in [0, 0.1) is 17.8 Å². The summed E-state index contributed by atoms with van der Waals surface area (Å²) in [6.07, 6.45) is 5.82. The fraction of sp³-hybridized carbons (Fsp3) is 0.882. The van der Waals surface area contributed by atoms with Crippen molar-refractivity contribution in [2.45, 2.75) is 70.9 Å². The minimum atomic E-state index is -0.763. The number of hydrogen-bond donors (Lipinski definition) is 2. The summed E-state index contributed by atoms with van der Waals surface area (Å²) in [6, 6.07) is 0.176. The third kappa shape index (κ3) is 4.97. The van der Waals surface area contributed by atoms with Crippen molar-refractivity contribution < 1.29 is 19.4 Å². The Kier molecular flexibility index (Phi) is 6.24. The average molecular weight is 311 g/mol. The molecule has 1 saturated heterocycles. The van der Waals surface area contributed by atoms with Gasteiger partial charge in [0.25, 0.3) is 0 Å². The van der Waals surface area contributed by atoms with Gasteiger partial charge in [-0.25, -0.2) is 0 Å². The molecule has 0 aromatic rings. The van der Waals surface area contributed by atoms with Gasteiger partial charge in [-0.3, -0.25) is 9.59 Å². The first kappa shape index (κ1) is 17.3. The van der Waals surface area contributed by atoms with E-state index in [1.54, 1.807) is 0 Å². The van der Waals surface area contributed by atoms with E-state index in [9.17, 15) is 9.59 Å². The van der Waals surface area contributed by atoms with Crippen LogP contribution >= 0.6 is 0 Å². The maximum Gasteiger partial charge on any atom is 0.306 e. The van der Waals surface area contributed by atoms with Crippen LogP contribution in [-0.2, 0) is 14.3 Å². The summed E-state index contributed by atoms with van der Waals surface area (Å²) in [5.41, 5.74) is 0. The Hall–Kier alpha value is -1.10. The number of carboxylic acid groups (broad SMARTS) is 1. The normalized spacial score (nSPS) is 32.7. The highest BCUT2D eigenvalue weighted by atomic mass is 16.5. The molecule has 1 saturated carbocycles. The molecule has 126 valence electrons. The summed E-state index contributed by atoms with van der Waals surface area (Å²) >= 11 is 0. The van der Waals surface area contributed by atoms with E-state index in [0.717, 1.165) is 32.1 Å². The number of ether oxygens (including phenoxy) is 1. The van der Waals surface area contributed by atoms with Gasteiger partial charge in [-0.05, 0) is 44.4 Å². The van der Waals surface area contributed by atoms with Crippen molar-refractivity contribution in [2.75, 3.05) is 6.61 Å². The van der Waals surface area contributed by atoms with E-state index in [0.29, 0.717) is 25.4 Å². The Labute approximate surface area is 132 Å². The van der Waals surface area contributed by atoms with Crippen molar-refractivity contribution in [3.05, 3.63) is 0 Å². The van der Waals surface area contributed by atoms with E-state index >= 15 is 0 Å². The van der Waals surface area contributed by atoms with Gasteiger partial charge in [-0.2, -0.15) is 0 Å². The van der Waals surface area contributed by atoms with E-state index in [1.807, 2.05) is 0 Å². The lowest BCUT2D eigenvalue weighted by Crippen LogP contribution is -2.45. The molecule has 0 aromatic carbocycles. The highest BCUT2D eigenvalue weighted by Crippen LogP contribution is 2.30. The first-order chi connectivity index (χ1) is 10.5. The molecule has 22 heavy (non-hydrogen) atoms. The number of nitrogens with one attached hydrogen (secondary N) is 1. The van der Waals surface area contributed by atoms with Gasteiger partial charge in [0.1, 0.15) is 0 Å². The third-order valence-corrected chi connectivity index (χ3v) is 4.84. The molecule has 2 N–H and O–H groups in total. The molecule has 4 unspecified atom stereocenters. The first-order valence-corrected chi connectivity index (χ1v) is 8.60. The summed E-state index contributed by atoms with van der Waals surface area (Å²) in [4.78, 5) is 23.5. The topological polar surface area (TPSA) is 75.6 Å². The van der Waals surface area contributed by atoms with Gasteiger partial charge in [0.2, 0.25) is 5.91 Å². The van der Waals surface area contributed by atoms with Gasteiger partial charge in [0.15, 0.2) is 0 Å². The number of carbonyl (C=O) groups excluding carboxylic acids is 1. The molecule has 1 aliphatic heterocycles. The quantitative estimate of drug-likeness (QED) is 0.818. The lowest BCUT2D eigenvalue weighted by Gasteiger charge is -2.33. The molecule has 2 rings (SSSR count). The number of hydrogen-bond acceptors (Lipinski definition) is 3. The number of rotatable bonds is 5. The molecular formula is C17H29NO4. The van der Waals surface area contributed by atoms with Crippen molar-refractivity contribution in [1.29, 1.82) is 0 Å². The van der Waals surface area contributed by atoms with Crippen LogP contribution in [-0.4, -0.2) is 35.7 Å². The van der Waals surface area contributed by atoms with Crippen LogP contribution in [0.3, 0.4) is 0 Å². The van der Waals surface area contributed by atoms with Crippen LogP contribution in [0.1, 0.15) is 58.8 Å². The second-order valence-corrected chi connectivity index (χ2v) is 7.25. The van der Waals surface area contributed by atoms with Crippen molar-refractivity contribution in [3.63, 3.8) is 0 Å². The summed E-state index contributed by atoms with van der Waals surface area (Å²) in [5.74, 6) is -0.620. The van der Waals surface area contributed by atoms with Gasteiger partial charge < -0.3 is 15.2 Å². The molecule has 2 aliphatic rings. The van der Waals surface area contributed by atoms with Crippen molar-refractivity contribution >= 4 is 11.9 Å². The smallest absolute Gasteiger partial charge is 0.306 e. The van der Waals surface area contributed by atoms with Crippen LogP contribution in [0.15, 0.2) is 0 Å². The highest BCUT2D eigenvalue weighted by Gasteiger charge is 2.32. The fourth-order valence-corrected chi connectivity index (χ4v) is 3.67. The zero-order valence-electron chi connectivity index (χ0n) is 13.7. The molecule has 0 aromatic heterocycles. The molecule has 0 spiro atoms. The monoisotopic (exact) mass is 311 g/mol. The van der Waals surface area contributed by atoms with E-state index in [1.165, 1.54) is 0 Å². The highest BCUT2D eigenvalue weighted by molar-refractivity contribution is 5.80. The Morgan fingerprint density at radius 3 is 2.59 bits per heavy atom. The Bertz CT molecular complexity index is 396. The van der Waals surface area contributed by atoms with Crippen molar-refractivity contribution in [3.8, 4) is 0 Å². The molecule has 1 aliphatic carbocycles. The van der Waals surface area contributed by atoms with Crippen LogP contribution in [0.5, 0.6) is 0 Å². The second kappa shape index (κ2) is 7.95. The van der Waals surface area contributed by atoms with Gasteiger partial charge in [-0.1, -0.05) is 20.3 Å². The average Bonchev–Trinajstić information content (AvgIpc) is 2.47. The van der Waals surface area contributed by atoms with Gasteiger partial charge in [0, 0.05) is 18.6 Å². The Balaban J connectivity index is 1.82. The zero-order valence-corrected chi connectivity index (χ0v) is 13.7. The largest absolute Gasteiger partial charge is 0.481 e. The Morgan fingerprint density at radius 2 is 1.91 bits per heavy atom. The SMILES string of the molecule is CC(C)CC1CC(NC(=O)C2CCCC(C(=O)O)C2)CCO1. The fourth-order valence-electron chi connectivity index (χ4n) is 3.67. The molecule has 5 nitrogen and oxygen atoms in total. The predicted octanol–water partition coefficient (Wildman–Crippen LogP) is 2.59. The lowest BCUT2D eigenvalue weighted by atomic mass is 9.81. The van der Waals surface area contributed by atoms with Crippen LogP contribution in [0.4, 0.5) is 0 Å². The van der Waals surface area contributed by atoms with E-state index in [2.05, 4.69) is 19.2 Å². The molecular weight excluding hydrogens is 282 g/mol. The first-order valence-electron chi connectivity index (χ1n) is 8.60. The number of aliphatic carboxylic acids is 1. The van der Waals surface area contributed by atoms with E-state index in [-0.39, 0.29) is 29.9 Å². The molecule has 1 heterocycles. The molecule has 5 heteroatoms. The third-order valence-electron chi connectivity index (χ3n) is 4.84. The molecule has 0 radical (unpaired) electrons. The van der Waals surface area contributed by atoms with Crippen LogP contribution in [0.25, 0.3) is 0 Å². The minimum Gasteiger partial charge on any atom is -0.481 e. The number of carboxylic acids is 1. The lowest BCUT2D eigenvalue weighted by molar-refractivity contribution is -0.144. The van der Waals surface area contributed by atoms with Gasteiger partial charge in [-0.15, -0.1) is 0 Å². The van der Waals surface area contributed by atoms with Gasteiger partial charge in [0.05, 0.1) is 12.0 Å². The van der Waals surface area contributed by atoms with E-state index in [4.69, 9.17) is 9.84 Å². The summed E-state index contributed by atoms with van der Waals surface area (Å²) in [6.45, 7) is 5.06. The molecule has 2 fully saturated rings. The maximum atomic E-state index is 12.4. The summed E-state index contributed by atoms with van der Waals surface area (Å²) in [7, 11) is 0. The zero-order chi connectivity index (χ0) is 16.1. The molecule has 4 atom stereocenters. The standard InChI is InChI=1S/C17H29NO4/c1-11(2)8-15-10-14(6-7-22-15)18-16(19)12-4-3-5-13(9-12)17(20)21/h11-15H,3-10H2,1-2H3,(H,18,19)(H,20,21). The van der Waals surface area contributed by atoms with Crippen molar-refractivity contribution in [1.82, 2.24) is 5.32 Å². The minimum absolute atomic E-state index is 0.0427. The predicted molar refractivity (Wildman–Crippen MR) is 83.4 cm³/mol. The number of amides is 1. The molecule has 1 amide bonds. The maximum absolute atomic E-state index is 12.4. The summed E-state index contributed by atoms with van der Waals surface area (Å²) < 4.78 is 5.77. The van der Waals surface area contributed by atoms with E-state index < -0.39 is 5.97 Å². The number of carbonyl (C=O) groups is 2. The summed E-state index contributed by atoms with van der Waals surface area (Å²) in [5, 5.41) is 12.3. The second-order valence-electron chi connectivity index (χ2n) is 7.25.